The number of hydrogen-bond donors (Lipinski definition) is 2. The number of hydrogen-bond acceptors (Lipinski definition) is 4. The largest absolute Gasteiger partial charge is 0.389 e. The summed E-state index contributed by atoms with van der Waals surface area (Å²) in [5.74, 6) is 0. The zero-order chi connectivity index (χ0) is 14.9. The number of thiocarbonyl (C=S) groups is 1. The van der Waals surface area contributed by atoms with Gasteiger partial charge in [0.15, 0.2) is 0 Å². The molecule has 3 N–H and O–H groups in total. The highest BCUT2D eigenvalue weighted by Gasteiger charge is 2.17. The van der Waals surface area contributed by atoms with Crippen LogP contribution < -0.4 is 10.5 Å². The van der Waals surface area contributed by atoms with Gasteiger partial charge in [0.1, 0.15) is 9.20 Å². The third-order valence-corrected chi connectivity index (χ3v) is 6.30. The number of sulfonamides is 1. The second-order valence-corrected chi connectivity index (χ2v) is 8.87. The molecule has 1 aromatic heterocycles. The first kappa shape index (κ1) is 15.4. The van der Waals surface area contributed by atoms with Crippen molar-refractivity contribution in [2.24, 2.45) is 5.73 Å². The first-order valence-corrected chi connectivity index (χ1v) is 8.98. The van der Waals surface area contributed by atoms with Crippen LogP contribution in [0.5, 0.6) is 0 Å². The van der Waals surface area contributed by atoms with E-state index in [0.717, 1.165) is 20.7 Å². The van der Waals surface area contributed by atoms with E-state index in [1.807, 2.05) is 6.92 Å². The minimum atomic E-state index is -3.60. The third-order valence-electron chi connectivity index (χ3n) is 2.58. The van der Waals surface area contributed by atoms with Crippen LogP contribution in [-0.2, 0) is 10.0 Å². The number of nitrogens with two attached hydrogens (primary N) is 1. The van der Waals surface area contributed by atoms with E-state index in [0.29, 0.717) is 11.3 Å². The Balaban J connectivity index is 2.39. The predicted octanol–water partition coefficient (Wildman–Crippen LogP) is 3.25. The summed E-state index contributed by atoms with van der Waals surface area (Å²) in [4.78, 5) is 0.226. The van der Waals surface area contributed by atoms with Gasteiger partial charge in [0.25, 0.3) is 10.0 Å². The Morgan fingerprint density at radius 3 is 2.60 bits per heavy atom. The van der Waals surface area contributed by atoms with E-state index in [4.69, 9.17) is 18.0 Å². The average molecular weight is 391 g/mol. The summed E-state index contributed by atoms with van der Waals surface area (Å²) < 4.78 is 28.1. The number of halogens is 1. The van der Waals surface area contributed by atoms with Crippen LogP contribution in [0, 0.1) is 6.92 Å². The Morgan fingerprint density at radius 1 is 1.35 bits per heavy atom. The summed E-state index contributed by atoms with van der Waals surface area (Å²) >= 11 is 9.29. The van der Waals surface area contributed by atoms with Crippen LogP contribution >= 0.6 is 39.5 Å². The summed E-state index contributed by atoms with van der Waals surface area (Å²) in [6.45, 7) is 1.81. The number of rotatable bonds is 4. The third kappa shape index (κ3) is 3.38. The maximum absolute atomic E-state index is 12.3. The van der Waals surface area contributed by atoms with Crippen molar-refractivity contribution in [2.45, 2.75) is 11.1 Å². The first-order valence-electron chi connectivity index (χ1n) is 5.48. The lowest BCUT2D eigenvalue weighted by Gasteiger charge is -2.10. The molecule has 0 radical (unpaired) electrons. The fraction of sp³-hybridized carbons (Fsp3) is 0.0833. The van der Waals surface area contributed by atoms with Crippen LogP contribution in [-0.4, -0.2) is 13.4 Å². The molecule has 8 heteroatoms. The Labute approximate surface area is 135 Å². The van der Waals surface area contributed by atoms with Crippen molar-refractivity contribution in [3.8, 4) is 0 Å². The lowest BCUT2D eigenvalue weighted by atomic mass is 10.1. The molecule has 0 atom stereocenters. The number of thiophene rings is 1. The van der Waals surface area contributed by atoms with Crippen molar-refractivity contribution in [1.82, 2.24) is 0 Å². The van der Waals surface area contributed by atoms with Crippen molar-refractivity contribution < 1.29 is 8.42 Å². The smallest absolute Gasteiger partial charge is 0.271 e. The molecule has 1 aromatic carbocycles. The molecule has 0 unspecified atom stereocenters. The van der Waals surface area contributed by atoms with Gasteiger partial charge in [0, 0.05) is 5.56 Å². The average Bonchev–Trinajstić information content (AvgIpc) is 2.79. The van der Waals surface area contributed by atoms with Crippen molar-refractivity contribution in [3.05, 3.63) is 45.2 Å². The van der Waals surface area contributed by atoms with E-state index >= 15 is 0 Å². The van der Waals surface area contributed by atoms with E-state index in [1.165, 1.54) is 0 Å². The van der Waals surface area contributed by atoms with Gasteiger partial charge >= 0.3 is 0 Å². The molecular formula is C12H11BrN2O2S3. The quantitative estimate of drug-likeness (QED) is 0.785. The van der Waals surface area contributed by atoms with Gasteiger partial charge in [-0.2, -0.15) is 0 Å². The summed E-state index contributed by atoms with van der Waals surface area (Å²) in [5.41, 5.74) is 7.45. The molecule has 0 aliphatic heterocycles. The van der Waals surface area contributed by atoms with Crippen LogP contribution in [0.15, 0.2) is 38.3 Å². The van der Waals surface area contributed by atoms with Gasteiger partial charge in [-0.3, -0.25) is 4.72 Å². The SMILES string of the molecule is Cc1ccc(C(N)=S)cc1NS(=O)(=O)c1ccc(Br)s1. The van der Waals surface area contributed by atoms with E-state index in [9.17, 15) is 8.42 Å². The summed E-state index contributed by atoms with van der Waals surface area (Å²) in [6, 6.07) is 8.41. The highest BCUT2D eigenvalue weighted by Crippen LogP contribution is 2.28. The van der Waals surface area contributed by atoms with Crippen LogP contribution in [0.2, 0.25) is 0 Å². The molecule has 0 saturated heterocycles. The monoisotopic (exact) mass is 390 g/mol. The molecule has 0 saturated carbocycles. The van der Waals surface area contributed by atoms with Gasteiger partial charge in [0.05, 0.1) is 9.47 Å². The second kappa shape index (κ2) is 5.80. The molecule has 0 spiro atoms. The molecule has 2 aromatic rings. The molecule has 106 valence electrons. The zero-order valence-corrected chi connectivity index (χ0v) is 14.4. The lowest BCUT2D eigenvalue weighted by molar-refractivity contribution is 0.603. The Hall–Kier alpha value is -0.960. The Kier molecular flexibility index (Phi) is 4.48. The van der Waals surface area contributed by atoms with Crippen molar-refractivity contribution in [3.63, 3.8) is 0 Å². The van der Waals surface area contributed by atoms with Crippen LogP contribution in [0.1, 0.15) is 11.1 Å². The number of nitrogens with one attached hydrogen (secondary N) is 1. The molecule has 0 aliphatic carbocycles. The van der Waals surface area contributed by atoms with Gasteiger partial charge in [-0.15, -0.1) is 11.3 Å². The van der Waals surface area contributed by atoms with E-state index in [-0.39, 0.29) is 9.20 Å². The zero-order valence-electron chi connectivity index (χ0n) is 10.4. The standard InChI is InChI=1S/C12H11BrN2O2S3/c1-7-2-3-8(12(14)18)6-9(7)15-20(16,17)11-5-4-10(13)19-11/h2-6,15H,1H3,(H2,14,18). The molecule has 0 bridgehead atoms. The molecule has 0 amide bonds. The fourth-order valence-electron chi connectivity index (χ4n) is 1.52. The minimum Gasteiger partial charge on any atom is -0.389 e. The number of aryl methyl sites for hydroxylation is 1. The van der Waals surface area contributed by atoms with Crippen LogP contribution in [0.25, 0.3) is 0 Å². The Morgan fingerprint density at radius 2 is 2.05 bits per heavy atom. The fourth-order valence-corrected chi connectivity index (χ4v) is 4.78. The van der Waals surface area contributed by atoms with Crippen LogP contribution in [0.3, 0.4) is 0 Å². The molecule has 0 fully saturated rings. The minimum absolute atomic E-state index is 0.226. The van der Waals surface area contributed by atoms with Gasteiger partial charge in [-0.05, 0) is 46.6 Å². The van der Waals surface area contributed by atoms with Gasteiger partial charge in [-0.1, -0.05) is 24.4 Å². The summed E-state index contributed by atoms with van der Waals surface area (Å²) in [7, 11) is -3.60. The second-order valence-electron chi connectivity index (χ2n) is 4.06. The maximum Gasteiger partial charge on any atom is 0.271 e. The van der Waals surface area contributed by atoms with Gasteiger partial charge < -0.3 is 5.73 Å². The maximum atomic E-state index is 12.3. The normalized spacial score (nSPS) is 11.3. The van der Waals surface area contributed by atoms with E-state index in [1.54, 1.807) is 30.3 Å². The van der Waals surface area contributed by atoms with Crippen molar-refractivity contribution in [1.29, 1.82) is 0 Å². The number of benzene rings is 1. The molecule has 2 rings (SSSR count). The first-order chi connectivity index (χ1) is 9.29. The molecule has 4 nitrogen and oxygen atoms in total. The van der Waals surface area contributed by atoms with E-state index < -0.39 is 10.0 Å². The molecular weight excluding hydrogens is 380 g/mol. The predicted molar refractivity (Wildman–Crippen MR) is 89.9 cm³/mol. The lowest BCUT2D eigenvalue weighted by Crippen LogP contribution is -2.14. The number of anilines is 1. The van der Waals surface area contributed by atoms with Crippen molar-refractivity contribution in [2.75, 3.05) is 4.72 Å². The van der Waals surface area contributed by atoms with E-state index in [2.05, 4.69) is 20.7 Å². The van der Waals surface area contributed by atoms with Gasteiger partial charge in [0.2, 0.25) is 0 Å². The topological polar surface area (TPSA) is 72.2 Å². The van der Waals surface area contributed by atoms with Gasteiger partial charge in [-0.25, -0.2) is 8.42 Å². The highest BCUT2D eigenvalue weighted by molar-refractivity contribution is 9.11. The Bertz CT molecular complexity index is 769. The summed E-state index contributed by atoms with van der Waals surface area (Å²) in [6.07, 6.45) is 0. The summed E-state index contributed by atoms with van der Waals surface area (Å²) in [5, 5.41) is 0. The molecule has 0 aliphatic rings. The van der Waals surface area contributed by atoms with Crippen molar-refractivity contribution >= 4 is 60.2 Å². The highest BCUT2D eigenvalue weighted by atomic mass is 79.9. The van der Waals surface area contributed by atoms with Crippen LogP contribution in [0.4, 0.5) is 5.69 Å². The molecule has 20 heavy (non-hydrogen) atoms. The molecule has 1 heterocycles.